The summed E-state index contributed by atoms with van der Waals surface area (Å²) in [6, 6.07) is 2.57. The van der Waals surface area contributed by atoms with Crippen LogP contribution in [0.5, 0.6) is 0 Å². The van der Waals surface area contributed by atoms with Crippen LogP contribution < -0.4 is 4.90 Å². The van der Waals surface area contributed by atoms with Crippen LogP contribution in [0, 0.1) is 5.92 Å². The fourth-order valence-corrected chi connectivity index (χ4v) is 5.26. The number of H-pyrrole nitrogens is 1. The minimum absolute atomic E-state index is 0.246. The molecule has 1 aliphatic carbocycles. The van der Waals surface area contributed by atoms with Gasteiger partial charge in [0.25, 0.3) is 0 Å². The van der Waals surface area contributed by atoms with E-state index in [1.807, 2.05) is 31.1 Å². The number of aromatic amines is 1. The van der Waals surface area contributed by atoms with Crippen molar-refractivity contribution in [1.29, 1.82) is 0 Å². The molecule has 0 atom stereocenters. The third-order valence-electron chi connectivity index (χ3n) is 6.10. The van der Waals surface area contributed by atoms with Gasteiger partial charge in [-0.05, 0) is 44.6 Å². The van der Waals surface area contributed by atoms with Crippen molar-refractivity contribution in [1.82, 2.24) is 19.3 Å². The van der Waals surface area contributed by atoms with E-state index in [1.165, 1.54) is 12.8 Å². The maximum Gasteiger partial charge on any atom is 0.142 e. The van der Waals surface area contributed by atoms with Crippen molar-refractivity contribution in [2.75, 3.05) is 44.0 Å². The number of nitrogens with zero attached hydrogens (tertiary/aromatic N) is 4. The molecule has 2 aliphatic rings. The topological polar surface area (TPSA) is 57.3 Å². The number of rotatable bonds is 8. The fraction of sp³-hybridized carbons (Fsp3) is 0.700. The first-order valence-corrected chi connectivity index (χ1v) is 11.2. The van der Waals surface area contributed by atoms with Crippen LogP contribution in [0.15, 0.2) is 18.6 Å². The largest absolute Gasteiger partial charge is 0.378 e. The molecule has 2 aromatic rings. The van der Waals surface area contributed by atoms with Gasteiger partial charge in [-0.25, -0.2) is 14.4 Å². The maximum atomic E-state index is 14.6. The van der Waals surface area contributed by atoms with Crippen LogP contribution in [-0.2, 0) is 4.74 Å². The zero-order valence-electron chi connectivity index (χ0n) is 16.7. The molecule has 1 saturated carbocycles. The minimum atomic E-state index is -1.13. The van der Waals surface area contributed by atoms with Gasteiger partial charge in [0.2, 0.25) is 0 Å². The van der Waals surface area contributed by atoms with E-state index in [4.69, 9.17) is 4.74 Å². The van der Waals surface area contributed by atoms with E-state index in [0.29, 0.717) is 25.5 Å². The molecule has 8 heteroatoms. The predicted octanol–water partition coefficient (Wildman–Crippen LogP) is 3.66. The number of alkyl halides is 1. The summed E-state index contributed by atoms with van der Waals surface area (Å²) in [5.74, 6) is 2.85. The zero-order valence-corrected chi connectivity index (χ0v) is 17.6. The normalized spacial score (nSPS) is 25.0. The lowest BCUT2D eigenvalue weighted by molar-refractivity contribution is -0.00869. The first-order valence-electron chi connectivity index (χ1n) is 10.2. The van der Waals surface area contributed by atoms with Gasteiger partial charge in [-0.1, -0.05) is 11.9 Å². The van der Waals surface area contributed by atoms with Gasteiger partial charge in [-0.3, -0.25) is 4.31 Å². The highest BCUT2D eigenvalue weighted by molar-refractivity contribution is 7.97. The lowest BCUT2D eigenvalue weighted by Gasteiger charge is -2.43. The van der Waals surface area contributed by atoms with Gasteiger partial charge in [0, 0.05) is 44.7 Å². The van der Waals surface area contributed by atoms with Crippen molar-refractivity contribution in [3.8, 4) is 0 Å². The third kappa shape index (κ3) is 4.28. The second kappa shape index (κ2) is 8.55. The summed E-state index contributed by atoms with van der Waals surface area (Å²) in [7, 11) is 2.13. The van der Waals surface area contributed by atoms with Gasteiger partial charge in [-0.15, -0.1) is 0 Å². The number of hydrogen-bond acceptors (Lipinski definition) is 6. The Labute approximate surface area is 170 Å². The molecule has 1 saturated heterocycles. The molecule has 2 aromatic heterocycles. The number of halogens is 1. The van der Waals surface area contributed by atoms with Crippen LogP contribution in [0.1, 0.15) is 32.6 Å². The van der Waals surface area contributed by atoms with E-state index in [9.17, 15) is 4.39 Å². The summed E-state index contributed by atoms with van der Waals surface area (Å²) >= 11 is 1.90. The second-order valence-electron chi connectivity index (χ2n) is 8.05. The number of nitrogens with one attached hydrogen (secondary N) is 1. The number of aromatic nitrogens is 3. The summed E-state index contributed by atoms with van der Waals surface area (Å²) < 4.78 is 22.3. The molecule has 1 N–H and O–H groups in total. The van der Waals surface area contributed by atoms with Crippen molar-refractivity contribution in [3.05, 3.63) is 18.6 Å². The van der Waals surface area contributed by atoms with Crippen LogP contribution in [0.2, 0.25) is 0 Å². The molecule has 3 heterocycles. The summed E-state index contributed by atoms with van der Waals surface area (Å²) in [4.78, 5) is 14.2. The first-order chi connectivity index (χ1) is 13.6. The Hall–Kier alpha value is -1.38. The molecule has 0 amide bonds. The number of piperidine rings is 1. The Bertz CT molecular complexity index is 773. The van der Waals surface area contributed by atoms with E-state index in [1.54, 1.807) is 6.33 Å². The molecule has 4 rings (SSSR count). The zero-order chi connectivity index (χ0) is 19.6. The van der Waals surface area contributed by atoms with Gasteiger partial charge in [0.15, 0.2) is 0 Å². The Morgan fingerprint density at radius 1 is 1.36 bits per heavy atom. The van der Waals surface area contributed by atoms with E-state index >= 15 is 0 Å². The Morgan fingerprint density at radius 3 is 2.89 bits per heavy atom. The summed E-state index contributed by atoms with van der Waals surface area (Å²) in [6.45, 7) is 4.39. The molecule has 0 unspecified atom stereocenters. The fourth-order valence-electron chi connectivity index (χ4n) is 4.12. The van der Waals surface area contributed by atoms with Gasteiger partial charge >= 0.3 is 0 Å². The van der Waals surface area contributed by atoms with Crippen LogP contribution >= 0.6 is 11.9 Å². The van der Waals surface area contributed by atoms with E-state index < -0.39 is 5.67 Å². The Balaban J connectivity index is 1.20. The molecule has 1 aliphatic heterocycles. The number of hydrogen-bond donors (Lipinski definition) is 1. The molecule has 0 radical (unpaired) electrons. The number of anilines is 1. The first kappa shape index (κ1) is 19.9. The van der Waals surface area contributed by atoms with E-state index in [-0.39, 0.29) is 6.61 Å². The van der Waals surface area contributed by atoms with Crippen molar-refractivity contribution in [2.45, 2.75) is 44.3 Å². The molecular weight excluding hydrogens is 377 g/mol. The summed E-state index contributed by atoms with van der Waals surface area (Å²) in [5, 5.41) is 1.08. The van der Waals surface area contributed by atoms with Crippen LogP contribution in [0.25, 0.3) is 11.0 Å². The minimum Gasteiger partial charge on any atom is -0.378 e. The molecule has 154 valence electrons. The molecule has 28 heavy (non-hydrogen) atoms. The lowest BCUT2D eigenvalue weighted by atomic mass is 9.81. The summed E-state index contributed by atoms with van der Waals surface area (Å²) in [5.41, 5.74) is -0.236. The molecule has 6 nitrogen and oxygen atoms in total. The average Bonchev–Trinajstić information content (AvgIpc) is 3.15. The number of fused-ring (bicyclic) bond motifs is 1. The van der Waals surface area contributed by atoms with Gasteiger partial charge in [0.1, 0.15) is 23.5 Å². The maximum absolute atomic E-state index is 14.6. The molecule has 2 fully saturated rings. The summed E-state index contributed by atoms with van der Waals surface area (Å²) in [6.07, 6.45) is 7.07. The van der Waals surface area contributed by atoms with Crippen molar-refractivity contribution in [2.24, 2.45) is 5.92 Å². The van der Waals surface area contributed by atoms with E-state index in [2.05, 4.69) is 31.2 Å². The van der Waals surface area contributed by atoms with Gasteiger partial charge < -0.3 is 14.6 Å². The van der Waals surface area contributed by atoms with Gasteiger partial charge in [-0.2, -0.15) is 0 Å². The average molecular weight is 408 g/mol. The van der Waals surface area contributed by atoms with E-state index in [0.717, 1.165) is 41.6 Å². The highest BCUT2D eigenvalue weighted by Gasteiger charge is 2.37. The lowest BCUT2D eigenvalue weighted by Crippen LogP contribution is -2.45. The Morgan fingerprint density at radius 2 is 2.14 bits per heavy atom. The second-order valence-corrected chi connectivity index (χ2v) is 9.16. The van der Waals surface area contributed by atoms with Crippen LogP contribution in [0.4, 0.5) is 10.2 Å². The van der Waals surface area contributed by atoms with Crippen LogP contribution in [-0.4, -0.2) is 70.1 Å². The highest BCUT2D eigenvalue weighted by Crippen LogP contribution is 2.38. The molecule has 0 aromatic carbocycles. The SMILES string of the molecule is CCOCC1(F)CCN(SCC2CC(N(C)c3ncnc4[nH]ccc34)C2)CC1. The van der Waals surface area contributed by atoms with Crippen molar-refractivity contribution < 1.29 is 9.13 Å². The molecular formula is C20H30FN5OS. The van der Waals surface area contributed by atoms with Crippen LogP contribution in [0.3, 0.4) is 0 Å². The third-order valence-corrected chi connectivity index (χ3v) is 7.45. The molecule has 0 bridgehead atoms. The van der Waals surface area contributed by atoms with Crippen molar-refractivity contribution >= 4 is 28.8 Å². The standard InChI is InChI=1S/C20H30FN5OS/c1-3-27-13-20(21)5-8-26(9-6-20)28-12-15-10-16(11-15)25(2)19-17-4-7-22-18(17)23-14-24-19/h4,7,14-16H,3,5-6,8-13H2,1-2H3,(H,22,23,24). The highest BCUT2D eigenvalue weighted by atomic mass is 32.2. The quantitative estimate of drug-likeness (QED) is 0.674. The van der Waals surface area contributed by atoms with Crippen molar-refractivity contribution in [3.63, 3.8) is 0 Å². The Kier molecular flexibility index (Phi) is 6.08. The monoisotopic (exact) mass is 407 g/mol. The molecule has 0 spiro atoms. The predicted molar refractivity (Wildman–Crippen MR) is 112 cm³/mol. The smallest absolute Gasteiger partial charge is 0.142 e. The van der Waals surface area contributed by atoms with Gasteiger partial charge in [0.05, 0.1) is 12.0 Å². The number of ether oxygens (including phenoxy) is 1.